The van der Waals surface area contributed by atoms with Crippen LogP contribution in [-0.2, 0) is 16.1 Å². The Morgan fingerprint density at radius 2 is 1.67 bits per heavy atom. The van der Waals surface area contributed by atoms with Gasteiger partial charge < -0.3 is 19.7 Å². The van der Waals surface area contributed by atoms with E-state index in [1.807, 2.05) is 53.4 Å². The summed E-state index contributed by atoms with van der Waals surface area (Å²) < 4.78 is 10.8. The van der Waals surface area contributed by atoms with Crippen molar-refractivity contribution >= 4 is 41.4 Å². The van der Waals surface area contributed by atoms with E-state index in [-0.39, 0.29) is 29.7 Å². The second-order valence-electron chi connectivity index (χ2n) is 9.60. The average Bonchev–Trinajstić information content (AvgIpc) is 3.40. The van der Waals surface area contributed by atoms with Crippen molar-refractivity contribution in [3.05, 3.63) is 125 Å². The zero-order valence-corrected chi connectivity index (χ0v) is 24.3. The van der Waals surface area contributed by atoms with Gasteiger partial charge in [0, 0.05) is 12.1 Å². The molecule has 1 heterocycles. The number of ether oxygens (including phenoxy) is 2. The molecule has 1 saturated heterocycles. The number of methoxy groups -OCH3 is 1. The molecule has 9 nitrogen and oxygen atoms in total. The number of hydrogen-bond acceptors (Lipinski definition) is 7. The van der Waals surface area contributed by atoms with Crippen LogP contribution in [0.1, 0.15) is 32.4 Å². The topological polar surface area (TPSA) is 109 Å². The molecule has 1 aliphatic rings. The highest BCUT2D eigenvalue weighted by atomic mass is 32.2. The van der Waals surface area contributed by atoms with Gasteiger partial charge in [-0.15, -0.1) is 11.8 Å². The minimum Gasteiger partial charge on any atom is -0.495 e. The summed E-state index contributed by atoms with van der Waals surface area (Å²) in [6.45, 7) is 0.377. The number of nitrogens with zero attached hydrogens (tertiary/aromatic N) is 2. The largest absolute Gasteiger partial charge is 0.495 e. The summed E-state index contributed by atoms with van der Waals surface area (Å²) in [5, 5.41) is 6.71. The Morgan fingerprint density at radius 3 is 2.42 bits per heavy atom. The molecule has 3 amide bonds. The Labute approximate surface area is 253 Å². The molecule has 4 aromatic rings. The normalized spacial score (nSPS) is 14.5. The first-order chi connectivity index (χ1) is 21.0. The molecule has 0 unspecified atom stereocenters. The molecule has 218 valence electrons. The number of nitrogens with one attached hydrogen (secondary N) is 2. The number of carbonyl (C=O) groups excluding carboxylic acids is 3. The standard InChI is InChI=1S/C33H30N4O5S/c1-41-29-10-6-5-9-28(29)35-30(38)21-42-27-17-11-23(12-18-27)19-34-36-32(40)25-13-15-26(16-14-25)33-37(31(39)22-43-33)20-24-7-3-2-4-8-24/h2-19,33H,20-22H2,1H3,(H,35,38)(H,36,40)/b34-19-/t33-/m0/s1. The SMILES string of the molecule is COc1ccccc1NC(=O)COc1ccc(/C=N\NC(=O)c2ccc([C@@H]3SCC(=O)N3Cc3ccccc3)cc2)cc1. The molecule has 0 radical (unpaired) electrons. The maximum Gasteiger partial charge on any atom is 0.271 e. The maximum absolute atomic E-state index is 12.6. The minimum absolute atomic E-state index is 0.100. The molecule has 43 heavy (non-hydrogen) atoms. The summed E-state index contributed by atoms with van der Waals surface area (Å²) in [5.74, 6) is 0.951. The van der Waals surface area contributed by atoms with Crippen LogP contribution in [0.2, 0.25) is 0 Å². The van der Waals surface area contributed by atoms with Crippen LogP contribution in [0.25, 0.3) is 0 Å². The molecule has 0 bridgehead atoms. The summed E-state index contributed by atoms with van der Waals surface area (Å²) in [4.78, 5) is 39.3. The summed E-state index contributed by atoms with van der Waals surface area (Å²) in [7, 11) is 1.54. The van der Waals surface area contributed by atoms with Gasteiger partial charge in [-0.2, -0.15) is 5.10 Å². The van der Waals surface area contributed by atoms with E-state index in [9.17, 15) is 14.4 Å². The Balaban J connectivity index is 1.10. The molecule has 10 heteroatoms. The fourth-order valence-electron chi connectivity index (χ4n) is 4.44. The van der Waals surface area contributed by atoms with E-state index in [0.717, 1.165) is 16.7 Å². The van der Waals surface area contributed by atoms with Crippen LogP contribution in [0.4, 0.5) is 5.69 Å². The summed E-state index contributed by atoms with van der Waals surface area (Å²) in [5.41, 5.74) is 6.34. The lowest BCUT2D eigenvalue weighted by Gasteiger charge is -2.24. The van der Waals surface area contributed by atoms with Crippen molar-refractivity contribution < 1.29 is 23.9 Å². The van der Waals surface area contributed by atoms with Crippen LogP contribution in [0.3, 0.4) is 0 Å². The lowest BCUT2D eigenvalue weighted by Crippen LogP contribution is -2.27. The van der Waals surface area contributed by atoms with Crippen molar-refractivity contribution in [1.82, 2.24) is 10.3 Å². The van der Waals surface area contributed by atoms with Crippen molar-refractivity contribution in [2.75, 3.05) is 24.8 Å². The van der Waals surface area contributed by atoms with Crippen LogP contribution < -0.4 is 20.2 Å². The molecular formula is C33H30N4O5S. The number of anilines is 1. The predicted octanol–water partition coefficient (Wildman–Crippen LogP) is 5.25. The molecule has 2 N–H and O–H groups in total. The van der Waals surface area contributed by atoms with Gasteiger partial charge in [-0.1, -0.05) is 54.6 Å². The summed E-state index contributed by atoms with van der Waals surface area (Å²) in [6.07, 6.45) is 1.52. The maximum atomic E-state index is 12.6. The van der Waals surface area contributed by atoms with Gasteiger partial charge in [0.25, 0.3) is 11.8 Å². The second-order valence-corrected chi connectivity index (χ2v) is 10.7. The van der Waals surface area contributed by atoms with Crippen LogP contribution in [0, 0.1) is 0 Å². The van der Waals surface area contributed by atoms with Crippen LogP contribution in [-0.4, -0.2) is 48.3 Å². The molecular weight excluding hydrogens is 564 g/mol. The molecule has 1 aliphatic heterocycles. The number of carbonyl (C=O) groups is 3. The Hall–Kier alpha value is -5.09. The van der Waals surface area contributed by atoms with Gasteiger partial charge in [0.15, 0.2) is 6.61 Å². The zero-order chi connectivity index (χ0) is 30.0. The van der Waals surface area contributed by atoms with E-state index in [2.05, 4.69) is 15.8 Å². The van der Waals surface area contributed by atoms with Crippen LogP contribution >= 0.6 is 11.8 Å². The lowest BCUT2D eigenvalue weighted by molar-refractivity contribution is -0.128. The van der Waals surface area contributed by atoms with Gasteiger partial charge in [-0.25, -0.2) is 5.43 Å². The molecule has 1 atom stereocenters. The van der Waals surface area contributed by atoms with Crippen molar-refractivity contribution in [2.45, 2.75) is 11.9 Å². The fourth-order valence-corrected chi connectivity index (χ4v) is 5.63. The molecule has 0 saturated carbocycles. The highest BCUT2D eigenvalue weighted by Gasteiger charge is 2.32. The zero-order valence-electron chi connectivity index (χ0n) is 23.4. The third kappa shape index (κ3) is 7.81. The Morgan fingerprint density at radius 1 is 0.953 bits per heavy atom. The molecule has 5 rings (SSSR count). The lowest BCUT2D eigenvalue weighted by atomic mass is 10.1. The monoisotopic (exact) mass is 594 g/mol. The molecule has 0 spiro atoms. The predicted molar refractivity (Wildman–Crippen MR) is 167 cm³/mol. The van der Waals surface area contributed by atoms with E-state index in [1.54, 1.807) is 66.4 Å². The first-order valence-corrected chi connectivity index (χ1v) is 14.6. The quantitative estimate of drug-likeness (QED) is 0.181. The van der Waals surface area contributed by atoms with Gasteiger partial charge in [0.1, 0.15) is 16.9 Å². The molecule has 4 aromatic carbocycles. The number of para-hydroxylation sites is 2. The minimum atomic E-state index is -0.347. The van der Waals surface area contributed by atoms with E-state index in [1.165, 1.54) is 13.3 Å². The van der Waals surface area contributed by atoms with E-state index in [0.29, 0.717) is 35.0 Å². The van der Waals surface area contributed by atoms with Crippen LogP contribution in [0.15, 0.2) is 108 Å². The van der Waals surface area contributed by atoms with Gasteiger partial charge >= 0.3 is 0 Å². The van der Waals surface area contributed by atoms with Crippen molar-refractivity contribution in [3.8, 4) is 11.5 Å². The van der Waals surface area contributed by atoms with Gasteiger partial charge in [0.2, 0.25) is 5.91 Å². The molecule has 0 aromatic heterocycles. The third-order valence-corrected chi connectivity index (χ3v) is 7.89. The average molecular weight is 595 g/mol. The summed E-state index contributed by atoms with van der Waals surface area (Å²) >= 11 is 1.58. The number of rotatable bonds is 11. The van der Waals surface area contributed by atoms with E-state index >= 15 is 0 Å². The highest BCUT2D eigenvalue weighted by Crippen LogP contribution is 2.39. The Bertz CT molecular complexity index is 1590. The van der Waals surface area contributed by atoms with Gasteiger partial charge in [-0.05, 0) is 65.2 Å². The number of amides is 3. The van der Waals surface area contributed by atoms with Gasteiger partial charge in [-0.3, -0.25) is 14.4 Å². The number of hydrogen-bond donors (Lipinski definition) is 2. The van der Waals surface area contributed by atoms with Gasteiger partial charge in [0.05, 0.1) is 24.8 Å². The summed E-state index contributed by atoms with van der Waals surface area (Å²) in [6, 6.07) is 31.2. The van der Waals surface area contributed by atoms with Crippen LogP contribution in [0.5, 0.6) is 11.5 Å². The van der Waals surface area contributed by atoms with E-state index < -0.39 is 0 Å². The molecule has 1 fully saturated rings. The number of hydrazone groups is 1. The molecule has 0 aliphatic carbocycles. The smallest absolute Gasteiger partial charge is 0.271 e. The second kappa shape index (κ2) is 14.2. The van der Waals surface area contributed by atoms with E-state index in [4.69, 9.17) is 9.47 Å². The number of benzene rings is 4. The first kappa shape index (κ1) is 29.4. The Kier molecular flexibility index (Phi) is 9.71. The first-order valence-electron chi connectivity index (χ1n) is 13.5. The van der Waals surface area contributed by atoms with Crippen molar-refractivity contribution in [3.63, 3.8) is 0 Å². The van der Waals surface area contributed by atoms with Crippen molar-refractivity contribution in [2.24, 2.45) is 5.10 Å². The third-order valence-electron chi connectivity index (χ3n) is 6.63. The fraction of sp³-hybridized carbons (Fsp3) is 0.152. The highest BCUT2D eigenvalue weighted by molar-refractivity contribution is 8.00. The number of thioether (sulfide) groups is 1. The van der Waals surface area contributed by atoms with Crippen molar-refractivity contribution in [1.29, 1.82) is 0 Å².